The van der Waals surface area contributed by atoms with E-state index in [1.807, 2.05) is 0 Å². The molecule has 0 aliphatic heterocycles. The van der Waals surface area contributed by atoms with Crippen LogP contribution in [0.2, 0.25) is 0 Å². The first-order valence-electron chi connectivity index (χ1n) is 7.41. The van der Waals surface area contributed by atoms with Crippen LogP contribution in [0.25, 0.3) is 0 Å². The van der Waals surface area contributed by atoms with Gasteiger partial charge in [-0.25, -0.2) is 9.37 Å². The molecule has 0 amide bonds. The lowest BCUT2D eigenvalue weighted by Crippen LogP contribution is -2.22. The second kappa shape index (κ2) is 7.96. The molecule has 0 spiro atoms. The number of aryl methyl sites for hydroxylation is 1. The predicted molar refractivity (Wildman–Crippen MR) is 83.5 cm³/mol. The lowest BCUT2D eigenvalue weighted by Gasteiger charge is -2.13. The quantitative estimate of drug-likeness (QED) is 0.519. The fourth-order valence-corrected chi connectivity index (χ4v) is 1.90. The van der Waals surface area contributed by atoms with Crippen LogP contribution in [-0.2, 0) is 10.8 Å². The maximum absolute atomic E-state index is 14.0. The minimum absolute atomic E-state index is 0.0374. The van der Waals surface area contributed by atoms with Gasteiger partial charge in [-0.05, 0) is 19.1 Å². The average molecular weight is 409 g/mol. The van der Waals surface area contributed by atoms with Gasteiger partial charge in [-0.3, -0.25) is 0 Å². The number of methoxy groups -OCH3 is 1. The van der Waals surface area contributed by atoms with Crippen molar-refractivity contribution in [2.75, 3.05) is 13.7 Å². The predicted octanol–water partition coefficient (Wildman–Crippen LogP) is 3.20. The van der Waals surface area contributed by atoms with E-state index < -0.39 is 36.4 Å². The number of alkyl halides is 5. The lowest BCUT2D eigenvalue weighted by atomic mass is 10.2. The van der Waals surface area contributed by atoms with E-state index in [1.54, 1.807) is 0 Å². The zero-order valence-electron chi connectivity index (χ0n) is 14.5. The van der Waals surface area contributed by atoms with Crippen LogP contribution >= 0.6 is 0 Å². The van der Waals surface area contributed by atoms with E-state index in [2.05, 4.69) is 36.3 Å². The van der Waals surface area contributed by atoms with Gasteiger partial charge < -0.3 is 9.47 Å². The Morgan fingerprint density at radius 1 is 1.29 bits per heavy atom. The van der Waals surface area contributed by atoms with Crippen molar-refractivity contribution in [2.45, 2.75) is 19.2 Å². The molecule has 0 fully saturated rings. The van der Waals surface area contributed by atoms with Crippen LogP contribution in [-0.4, -0.2) is 45.5 Å². The molecule has 0 saturated carbocycles. The molecule has 152 valence electrons. The van der Waals surface area contributed by atoms with E-state index in [-0.39, 0.29) is 17.1 Å². The average Bonchev–Trinajstić information content (AvgIpc) is 2.99. The molecule has 0 radical (unpaired) electrons. The summed E-state index contributed by atoms with van der Waals surface area (Å²) in [6, 6.07) is 0.771. The molecule has 2 aromatic rings. The van der Waals surface area contributed by atoms with Crippen molar-refractivity contribution in [2.24, 2.45) is 5.10 Å². The fourth-order valence-electron chi connectivity index (χ4n) is 1.90. The number of allylic oxidation sites excluding steroid dienone is 1. The highest BCUT2D eigenvalue weighted by Gasteiger charge is 2.39. The van der Waals surface area contributed by atoms with Crippen LogP contribution in [0.1, 0.15) is 17.2 Å². The summed E-state index contributed by atoms with van der Waals surface area (Å²) >= 11 is 0. The first-order chi connectivity index (χ1) is 13.0. The molecule has 0 aliphatic carbocycles. The van der Waals surface area contributed by atoms with Gasteiger partial charge in [-0.15, -0.1) is 10.2 Å². The fraction of sp³-hybridized carbons (Fsp3) is 0.333. The molecule has 13 heteroatoms. The SMILES string of the molecule is C=C/C(=N\n1c(C)nnc1C(F)(F)OC)c1cnc(OCC(F)(F)F)c(F)c1. The Kier molecular flexibility index (Phi) is 6.07. The van der Waals surface area contributed by atoms with Crippen molar-refractivity contribution in [1.82, 2.24) is 19.9 Å². The van der Waals surface area contributed by atoms with Gasteiger partial charge in [0.25, 0.3) is 11.7 Å². The summed E-state index contributed by atoms with van der Waals surface area (Å²) in [5.41, 5.74) is -0.198. The Hall–Kier alpha value is -2.96. The minimum atomic E-state index is -4.67. The van der Waals surface area contributed by atoms with Crippen LogP contribution in [0.3, 0.4) is 0 Å². The molecule has 7 nitrogen and oxygen atoms in total. The van der Waals surface area contributed by atoms with E-state index in [4.69, 9.17) is 0 Å². The van der Waals surface area contributed by atoms with Gasteiger partial charge in [0.05, 0.1) is 5.71 Å². The van der Waals surface area contributed by atoms with E-state index in [0.717, 1.165) is 25.4 Å². The highest BCUT2D eigenvalue weighted by molar-refractivity contribution is 6.08. The van der Waals surface area contributed by atoms with Gasteiger partial charge in [0.15, 0.2) is 18.2 Å². The van der Waals surface area contributed by atoms with Gasteiger partial charge in [0.2, 0.25) is 0 Å². The number of ether oxygens (including phenoxy) is 2. The standard InChI is InChI=1S/C15H13F6N5O2/c1-4-11(25-26-8(2)23-24-13(26)15(20,21)27-3)9-5-10(16)12(22-6-9)28-7-14(17,18)19/h4-6H,1,7H2,2-3H3/b25-11+. The van der Waals surface area contributed by atoms with Crippen LogP contribution in [0.4, 0.5) is 26.3 Å². The highest BCUT2D eigenvalue weighted by atomic mass is 19.4. The third kappa shape index (κ3) is 4.85. The maximum atomic E-state index is 14.0. The number of hydrogen-bond acceptors (Lipinski definition) is 6. The molecular weight excluding hydrogens is 396 g/mol. The number of hydrogen-bond donors (Lipinski definition) is 0. The van der Waals surface area contributed by atoms with Gasteiger partial charge in [-0.2, -0.15) is 31.7 Å². The van der Waals surface area contributed by atoms with Crippen molar-refractivity contribution < 1.29 is 35.8 Å². The van der Waals surface area contributed by atoms with E-state index in [9.17, 15) is 26.3 Å². The number of aromatic nitrogens is 4. The maximum Gasteiger partial charge on any atom is 0.422 e. The van der Waals surface area contributed by atoms with Gasteiger partial charge >= 0.3 is 12.3 Å². The van der Waals surface area contributed by atoms with Crippen LogP contribution < -0.4 is 4.74 Å². The largest absolute Gasteiger partial charge is 0.466 e. The third-order valence-electron chi connectivity index (χ3n) is 3.19. The third-order valence-corrected chi connectivity index (χ3v) is 3.19. The Bertz CT molecular complexity index is 894. The molecule has 0 saturated heterocycles. The first kappa shape index (κ1) is 21.3. The molecule has 2 heterocycles. The Morgan fingerprint density at radius 2 is 1.96 bits per heavy atom. The Labute approximate surface area is 154 Å². The molecule has 0 aromatic carbocycles. The molecule has 0 bridgehead atoms. The second-order valence-electron chi connectivity index (χ2n) is 5.21. The van der Waals surface area contributed by atoms with E-state index in [0.29, 0.717) is 4.68 Å². The number of rotatable bonds is 7. The van der Waals surface area contributed by atoms with Gasteiger partial charge in [0.1, 0.15) is 0 Å². The molecule has 28 heavy (non-hydrogen) atoms. The normalized spacial score (nSPS) is 12.9. The van der Waals surface area contributed by atoms with Crippen molar-refractivity contribution in [1.29, 1.82) is 0 Å². The monoisotopic (exact) mass is 409 g/mol. The van der Waals surface area contributed by atoms with Crippen LogP contribution in [0.15, 0.2) is 30.0 Å². The summed E-state index contributed by atoms with van der Waals surface area (Å²) in [5.74, 6) is -3.06. The first-order valence-corrected chi connectivity index (χ1v) is 7.41. The summed E-state index contributed by atoms with van der Waals surface area (Å²) in [7, 11) is 0.755. The van der Waals surface area contributed by atoms with Crippen LogP contribution in [0, 0.1) is 12.7 Å². The summed E-state index contributed by atoms with van der Waals surface area (Å²) < 4.78 is 87.0. The minimum Gasteiger partial charge on any atom is -0.466 e. The molecule has 0 aliphatic rings. The number of pyridine rings is 1. The molecule has 2 aromatic heterocycles. The highest BCUT2D eigenvalue weighted by Crippen LogP contribution is 2.27. The number of nitrogens with zero attached hydrogens (tertiary/aromatic N) is 5. The smallest absolute Gasteiger partial charge is 0.422 e. The van der Waals surface area contributed by atoms with Crippen molar-refractivity contribution in [3.63, 3.8) is 0 Å². The molecule has 2 rings (SSSR count). The van der Waals surface area contributed by atoms with Crippen molar-refractivity contribution in [3.8, 4) is 5.88 Å². The topological polar surface area (TPSA) is 74.4 Å². The van der Waals surface area contributed by atoms with E-state index >= 15 is 0 Å². The molecular formula is C15H13F6N5O2. The zero-order chi connectivity index (χ0) is 21.1. The van der Waals surface area contributed by atoms with Gasteiger partial charge in [0, 0.05) is 18.9 Å². The second-order valence-corrected chi connectivity index (χ2v) is 5.21. The molecule has 0 N–H and O–H groups in total. The summed E-state index contributed by atoms with van der Waals surface area (Å²) in [6.45, 7) is 3.05. The van der Waals surface area contributed by atoms with E-state index in [1.165, 1.54) is 6.92 Å². The van der Waals surface area contributed by atoms with Crippen LogP contribution in [0.5, 0.6) is 5.88 Å². The van der Waals surface area contributed by atoms with Crippen molar-refractivity contribution in [3.05, 3.63) is 47.9 Å². The zero-order valence-corrected chi connectivity index (χ0v) is 14.5. The molecule has 0 atom stereocenters. The number of halogens is 6. The summed E-state index contributed by atoms with van der Waals surface area (Å²) in [5, 5.41) is 10.7. The van der Waals surface area contributed by atoms with Gasteiger partial charge in [-0.1, -0.05) is 6.58 Å². The van der Waals surface area contributed by atoms with Crippen molar-refractivity contribution >= 4 is 5.71 Å². The Balaban J connectivity index is 2.40. The Morgan fingerprint density at radius 3 is 2.50 bits per heavy atom. The lowest BCUT2D eigenvalue weighted by molar-refractivity contribution is -0.238. The molecule has 0 unspecified atom stereocenters. The summed E-state index contributed by atoms with van der Waals surface area (Å²) in [6.07, 6.45) is -6.44. The summed E-state index contributed by atoms with van der Waals surface area (Å²) in [4.78, 5) is 3.45.